The zero-order valence-electron chi connectivity index (χ0n) is 13.5. The molecule has 0 bridgehead atoms. The van der Waals surface area contributed by atoms with Gasteiger partial charge in [-0.05, 0) is 31.0 Å². The molecule has 2 rings (SSSR count). The lowest BCUT2D eigenvalue weighted by Gasteiger charge is -2.10. The summed E-state index contributed by atoms with van der Waals surface area (Å²) >= 11 is 1.36. The number of amides is 1. The Morgan fingerprint density at radius 2 is 2.04 bits per heavy atom. The molecule has 2 aromatic rings. The van der Waals surface area contributed by atoms with Crippen molar-refractivity contribution in [3.63, 3.8) is 0 Å². The Balaban J connectivity index is 1.85. The minimum absolute atomic E-state index is 0.0303. The molecule has 3 N–H and O–H groups in total. The molecule has 1 heterocycles. The molecule has 0 unspecified atom stereocenters. The van der Waals surface area contributed by atoms with Gasteiger partial charge in [-0.2, -0.15) is 0 Å². The van der Waals surface area contributed by atoms with Crippen molar-refractivity contribution in [2.45, 2.75) is 19.8 Å². The van der Waals surface area contributed by atoms with Crippen molar-refractivity contribution in [2.75, 3.05) is 26.5 Å². The fourth-order valence-corrected chi connectivity index (χ4v) is 3.04. The van der Waals surface area contributed by atoms with Gasteiger partial charge in [0.1, 0.15) is 0 Å². The molecular weight excluding hydrogens is 314 g/mol. The number of carbonyl (C=O) groups is 1. The van der Waals surface area contributed by atoms with E-state index in [4.69, 9.17) is 15.2 Å². The molecule has 7 heteroatoms. The molecule has 0 saturated carbocycles. The third-order valence-corrected chi connectivity index (χ3v) is 4.40. The topological polar surface area (TPSA) is 86.5 Å². The maximum atomic E-state index is 12.0. The molecule has 0 radical (unpaired) electrons. The Morgan fingerprint density at radius 3 is 2.65 bits per heavy atom. The summed E-state index contributed by atoms with van der Waals surface area (Å²) in [5.41, 5.74) is 7.53. The number of hydrogen-bond donors (Lipinski definition) is 2. The van der Waals surface area contributed by atoms with Crippen LogP contribution in [0.5, 0.6) is 11.5 Å². The highest BCUT2D eigenvalue weighted by Crippen LogP contribution is 2.27. The zero-order valence-corrected chi connectivity index (χ0v) is 14.3. The Hall–Kier alpha value is -2.28. The summed E-state index contributed by atoms with van der Waals surface area (Å²) in [6, 6.07) is 5.74. The number of hydrogen-bond acceptors (Lipinski definition) is 6. The Kier molecular flexibility index (Phi) is 5.81. The van der Waals surface area contributed by atoms with Gasteiger partial charge in [-0.3, -0.25) is 4.79 Å². The van der Waals surface area contributed by atoms with Crippen molar-refractivity contribution >= 4 is 22.4 Å². The number of rotatable bonds is 7. The van der Waals surface area contributed by atoms with Crippen LogP contribution in [0.25, 0.3) is 0 Å². The summed E-state index contributed by atoms with van der Waals surface area (Å²) in [7, 11) is 3.21. The van der Waals surface area contributed by atoms with E-state index in [2.05, 4.69) is 10.3 Å². The first-order valence-corrected chi connectivity index (χ1v) is 8.04. The SMILES string of the molecule is COc1ccc(CCNC(=O)Cc2sc(N)nc2C)cc1OC. The number of ether oxygens (including phenoxy) is 2. The van der Waals surface area contributed by atoms with Crippen LogP contribution in [-0.4, -0.2) is 31.7 Å². The molecule has 124 valence electrons. The smallest absolute Gasteiger partial charge is 0.225 e. The lowest BCUT2D eigenvalue weighted by Crippen LogP contribution is -2.27. The van der Waals surface area contributed by atoms with Crippen LogP contribution < -0.4 is 20.5 Å². The van der Waals surface area contributed by atoms with Crippen molar-refractivity contribution in [1.82, 2.24) is 10.3 Å². The second kappa shape index (κ2) is 7.82. The summed E-state index contributed by atoms with van der Waals surface area (Å²) < 4.78 is 10.5. The van der Waals surface area contributed by atoms with Crippen LogP contribution in [0.4, 0.5) is 5.13 Å². The largest absolute Gasteiger partial charge is 0.493 e. The number of aromatic nitrogens is 1. The average molecular weight is 335 g/mol. The highest BCUT2D eigenvalue weighted by Gasteiger charge is 2.10. The van der Waals surface area contributed by atoms with Gasteiger partial charge in [0, 0.05) is 11.4 Å². The molecule has 1 amide bonds. The van der Waals surface area contributed by atoms with Crippen molar-refractivity contribution < 1.29 is 14.3 Å². The van der Waals surface area contributed by atoms with Gasteiger partial charge in [0.05, 0.1) is 26.3 Å². The summed E-state index contributed by atoms with van der Waals surface area (Å²) in [6.07, 6.45) is 1.03. The van der Waals surface area contributed by atoms with Crippen LogP contribution in [0, 0.1) is 6.92 Å². The molecule has 1 aromatic carbocycles. The molecule has 23 heavy (non-hydrogen) atoms. The zero-order chi connectivity index (χ0) is 16.8. The predicted octanol–water partition coefficient (Wildman–Crippen LogP) is 1.95. The number of nitrogens with zero attached hydrogens (tertiary/aromatic N) is 1. The number of anilines is 1. The fourth-order valence-electron chi connectivity index (χ4n) is 2.21. The van der Waals surface area contributed by atoms with Crippen molar-refractivity contribution in [2.24, 2.45) is 0 Å². The molecule has 1 aromatic heterocycles. The highest BCUT2D eigenvalue weighted by atomic mass is 32.1. The van der Waals surface area contributed by atoms with Crippen LogP contribution in [-0.2, 0) is 17.6 Å². The van der Waals surface area contributed by atoms with Gasteiger partial charge in [0.2, 0.25) is 5.91 Å². The predicted molar refractivity (Wildman–Crippen MR) is 91.2 cm³/mol. The van der Waals surface area contributed by atoms with Crippen molar-refractivity contribution in [3.8, 4) is 11.5 Å². The van der Waals surface area contributed by atoms with E-state index in [0.717, 1.165) is 22.6 Å². The minimum Gasteiger partial charge on any atom is -0.493 e. The Morgan fingerprint density at radius 1 is 1.30 bits per heavy atom. The monoisotopic (exact) mass is 335 g/mol. The quantitative estimate of drug-likeness (QED) is 0.808. The Labute approximate surface area is 139 Å². The van der Waals surface area contributed by atoms with Gasteiger partial charge >= 0.3 is 0 Å². The van der Waals surface area contributed by atoms with E-state index in [9.17, 15) is 4.79 Å². The van der Waals surface area contributed by atoms with Gasteiger partial charge in [0.25, 0.3) is 0 Å². The van der Waals surface area contributed by atoms with E-state index in [1.165, 1.54) is 11.3 Å². The molecule has 0 atom stereocenters. The third kappa shape index (κ3) is 4.59. The van der Waals surface area contributed by atoms with Crippen LogP contribution in [0.3, 0.4) is 0 Å². The number of methoxy groups -OCH3 is 2. The Bertz CT molecular complexity index is 685. The van der Waals surface area contributed by atoms with E-state index in [1.54, 1.807) is 14.2 Å². The first-order valence-electron chi connectivity index (χ1n) is 7.23. The van der Waals surface area contributed by atoms with Crippen LogP contribution >= 0.6 is 11.3 Å². The number of aryl methyl sites for hydroxylation is 1. The number of carbonyl (C=O) groups excluding carboxylic acids is 1. The van der Waals surface area contributed by atoms with Crippen LogP contribution in [0.15, 0.2) is 18.2 Å². The van der Waals surface area contributed by atoms with Crippen LogP contribution in [0.1, 0.15) is 16.1 Å². The second-order valence-corrected chi connectivity index (χ2v) is 6.14. The highest BCUT2D eigenvalue weighted by molar-refractivity contribution is 7.15. The van der Waals surface area contributed by atoms with E-state index in [1.807, 2.05) is 25.1 Å². The summed E-state index contributed by atoms with van der Waals surface area (Å²) in [5.74, 6) is 1.35. The van der Waals surface area contributed by atoms with Crippen molar-refractivity contribution in [3.05, 3.63) is 34.3 Å². The maximum Gasteiger partial charge on any atom is 0.225 e. The maximum absolute atomic E-state index is 12.0. The van der Waals surface area contributed by atoms with Gasteiger partial charge in [-0.15, -0.1) is 11.3 Å². The standard InChI is InChI=1S/C16H21N3O3S/c1-10-14(23-16(17)19-10)9-15(20)18-7-6-11-4-5-12(21-2)13(8-11)22-3/h4-5,8H,6-7,9H2,1-3H3,(H2,17,19)(H,18,20). The molecule has 6 nitrogen and oxygen atoms in total. The van der Waals surface area contributed by atoms with E-state index in [-0.39, 0.29) is 5.91 Å². The van der Waals surface area contributed by atoms with E-state index >= 15 is 0 Å². The van der Waals surface area contributed by atoms with Crippen molar-refractivity contribution in [1.29, 1.82) is 0 Å². The average Bonchev–Trinajstić information content (AvgIpc) is 2.84. The fraction of sp³-hybridized carbons (Fsp3) is 0.375. The molecule has 0 aliphatic carbocycles. The number of benzene rings is 1. The van der Waals surface area contributed by atoms with Crippen LogP contribution in [0.2, 0.25) is 0 Å². The number of nitrogens with two attached hydrogens (primary N) is 1. The molecule has 0 fully saturated rings. The summed E-state index contributed by atoms with van der Waals surface area (Å²) in [5, 5.41) is 3.41. The second-order valence-electron chi connectivity index (χ2n) is 5.03. The minimum atomic E-state index is -0.0303. The van der Waals surface area contributed by atoms with Gasteiger partial charge in [-0.1, -0.05) is 6.07 Å². The third-order valence-electron chi connectivity index (χ3n) is 3.41. The van der Waals surface area contributed by atoms with Gasteiger partial charge in [0.15, 0.2) is 16.6 Å². The van der Waals surface area contributed by atoms with E-state index < -0.39 is 0 Å². The van der Waals surface area contributed by atoms with Gasteiger partial charge in [-0.25, -0.2) is 4.98 Å². The molecule has 0 aliphatic rings. The molecule has 0 saturated heterocycles. The lowest BCUT2D eigenvalue weighted by molar-refractivity contribution is -0.120. The summed E-state index contributed by atoms with van der Waals surface area (Å²) in [4.78, 5) is 17.0. The summed E-state index contributed by atoms with van der Waals surface area (Å²) in [6.45, 7) is 2.42. The number of thiazole rings is 1. The van der Waals surface area contributed by atoms with Gasteiger partial charge < -0.3 is 20.5 Å². The lowest BCUT2D eigenvalue weighted by atomic mass is 10.1. The first kappa shape index (κ1) is 17.1. The number of nitrogens with one attached hydrogen (secondary N) is 1. The normalized spacial score (nSPS) is 10.4. The number of nitrogen functional groups attached to an aromatic ring is 1. The molecule has 0 aliphatic heterocycles. The molecule has 0 spiro atoms. The molecular formula is C16H21N3O3S. The first-order chi connectivity index (χ1) is 11.0. The van der Waals surface area contributed by atoms with E-state index in [0.29, 0.717) is 29.6 Å².